The third-order valence-corrected chi connectivity index (χ3v) is 6.26. The Morgan fingerprint density at radius 3 is 2.73 bits per heavy atom. The lowest BCUT2D eigenvalue weighted by Crippen LogP contribution is -2.40. The Kier molecular flexibility index (Phi) is 8.96. The first-order valence-electron chi connectivity index (χ1n) is 11.0. The molecule has 1 aliphatic heterocycles. The summed E-state index contributed by atoms with van der Waals surface area (Å²) in [5, 5.41) is 10.1. The van der Waals surface area contributed by atoms with Crippen molar-refractivity contribution < 1.29 is 4.74 Å². The zero-order chi connectivity index (χ0) is 21.2. The second-order valence-electron chi connectivity index (χ2n) is 7.61. The van der Waals surface area contributed by atoms with Crippen LogP contribution in [0, 0.1) is 6.92 Å². The molecule has 1 aromatic heterocycles. The highest BCUT2D eigenvalue weighted by Crippen LogP contribution is 2.31. The second-order valence-corrected chi connectivity index (χ2v) is 8.67. The number of benzene rings is 1. The molecular weight excluding hydrogens is 394 g/mol. The normalized spacial score (nSPS) is 16.3. The number of thiazole rings is 1. The van der Waals surface area contributed by atoms with Gasteiger partial charge in [0.25, 0.3) is 0 Å². The van der Waals surface area contributed by atoms with Crippen LogP contribution in [-0.4, -0.2) is 55.7 Å². The van der Waals surface area contributed by atoms with E-state index in [0.29, 0.717) is 6.54 Å². The van der Waals surface area contributed by atoms with Crippen LogP contribution in [0.1, 0.15) is 48.5 Å². The van der Waals surface area contributed by atoms with E-state index < -0.39 is 0 Å². The third kappa shape index (κ3) is 6.44. The van der Waals surface area contributed by atoms with Gasteiger partial charge in [0.15, 0.2) is 5.96 Å². The van der Waals surface area contributed by atoms with Crippen molar-refractivity contribution in [1.82, 2.24) is 20.5 Å². The first kappa shape index (κ1) is 22.6. The molecule has 0 amide bonds. The Morgan fingerprint density at radius 1 is 1.23 bits per heavy atom. The minimum Gasteiger partial charge on any atom is -0.496 e. The van der Waals surface area contributed by atoms with Crippen molar-refractivity contribution >= 4 is 17.3 Å². The summed E-state index contributed by atoms with van der Waals surface area (Å²) in [5.74, 6) is 1.81. The number of aryl methyl sites for hydroxylation is 1. The number of ether oxygens (including phenoxy) is 1. The number of piperidine rings is 1. The summed E-state index contributed by atoms with van der Waals surface area (Å²) in [7, 11) is 1.75. The molecule has 6 nitrogen and oxygen atoms in total. The molecule has 1 aromatic carbocycles. The van der Waals surface area contributed by atoms with Crippen LogP contribution in [0.15, 0.2) is 34.6 Å². The summed E-state index contributed by atoms with van der Waals surface area (Å²) in [5.41, 5.74) is 2.36. The predicted octanol–water partition coefficient (Wildman–Crippen LogP) is 3.78. The van der Waals surface area contributed by atoms with Gasteiger partial charge in [0.1, 0.15) is 5.75 Å². The lowest BCUT2D eigenvalue weighted by Gasteiger charge is -2.34. The van der Waals surface area contributed by atoms with Crippen LogP contribution in [0.3, 0.4) is 0 Å². The van der Waals surface area contributed by atoms with Crippen LogP contribution in [-0.2, 0) is 6.42 Å². The topological polar surface area (TPSA) is 61.8 Å². The standard InChI is InChI=1S/C23H35N5OS/c1-4-24-23(25-13-12-19-17-30-18(2)27-19)26-16-21(28-14-8-5-9-15-28)20-10-6-7-11-22(20)29-3/h6-7,10-11,17,21H,4-5,8-9,12-16H2,1-3H3,(H2,24,25,26). The van der Waals surface area contributed by atoms with Crippen molar-refractivity contribution in [3.63, 3.8) is 0 Å². The number of hydrogen-bond donors (Lipinski definition) is 2. The van der Waals surface area contributed by atoms with Gasteiger partial charge < -0.3 is 15.4 Å². The fourth-order valence-electron chi connectivity index (χ4n) is 3.93. The number of para-hydroxylation sites is 1. The zero-order valence-electron chi connectivity index (χ0n) is 18.5. The minimum absolute atomic E-state index is 0.220. The van der Waals surface area contributed by atoms with E-state index in [1.54, 1.807) is 18.4 Å². The number of hydrogen-bond acceptors (Lipinski definition) is 5. The maximum Gasteiger partial charge on any atom is 0.191 e. The highest BCUT2D eigenvalue weighted by Gasteiger charge is 2.24. The molecule has 0 spiro atoms. The Bertz CT molecular complexity index is 800. The molecule has 0 bridgehead atoms. The van der Waals surface area contributed by atoms with Gasteiger partial charge in [0, 0.05) is 30.5 Å². The molecule has 2 aromatic rings. The van der Waals surface area contributed by atoms with Crippen LogP contribution >= 0.6 is 11.3 Å². The minimum atomic E-state index is 0.220. The van der Waals surface area contributed by atoms with E-state index in [1.165, 1.54) is 24.8 Å². The molecule has 30 heavy (non-hydrogen) atoms. The van der Waals surface area contributed by atoms with Gasteiger partial charge in [0.2, 0.25) is 0 Å². The smallest absolute Gasteiger partial charge is 0.191 e. The Labute approximate surface area is 184 Å². The number of guanidine groups is 1. The van der Waals surface area contributed by atoms with E-state index in [-0.39, 0.29) is 6.04 Å². The number of likely N-dealkylation sites (tertiary alicyclic amines) is 1. The van der Waals surface area contributed by atoms with Gasteiger partial charge in [0.05, 0.1) is 30.4 Å². The summed E-state index contributed by atoms with van der Waals surface area (Å²) in [6.45, 7) is 8.74. The third-order valence-electron chi connectivity index (χ3n) is 5.44. The highest BCUT2D eigenvalue weighted by molar-refractivity contribution is 7.09. The molecule has 1 fully saturated rings. The number of aromatic nitrogens is 1. The fourth-order valence-corrected chi connectivity index (χ4v) is 4.58. The summed E-state index contributed by atoms with van der Waals surface area (Å²) < 4.78 is 5.67. The van der Waals surface area contributed by atoms with E-state index in [9.17, 15) is 0 Å². The molecule has 2 heterocycles. The first-order chi connectivity index (χ1) is 14.7. The molecule has 1 aliphatic rings. The van der Waals surface area contributed by atoms with E-state index in [0.717, 1.165) is 55.0 Å². The lowest BCUT2D eigenvalue weighted by molar-refractivity contribution is 0.165. The van der Waals surface area contributed by atoms with Crippen molar-refractivity contribution in [2.75, 3.05) is 39.8 Å². The van der Waals surface area contributed by atoms with Gasteiger partial charge in [-0.2, -0.15) is 0 Å². The molecule has 164 valence electrons. The summed E-state index contributed by atoms with van der Waals surface area (Å²) in [4.78, 5) is 12.1. The number of methoxy groups -OCH3 is 1. The van der Waals surface area contributed by atoms with Gasteiger partial charge in [-0.25, -0.2) is 4.98 Å². The molecule has 2 N–H and O–H groups in total. The zero-order valence-corrected chi connectivity index (χ0v) is 19.3. The Hall–Kier alpha value is -2.12. The molecule has 3 rings (SSSR count). The summed E-state index contributed by atoms with van der Waals surface area (Å²) >= 11 is 1.70. The average Bonchev–Trinajstić information content (AvgIpc) is 3.20. The van der Waals surface area contributed by atoms with E-state index in [1.807, 2.05) is 13.0 Å². The van der Waals surface area contributed by atoms with Gasteiger partial charge >= 0.3 is 0 Å². The fraction of sp³-hybridized carbons (Fsp3) is 0.565. The summed E-state index contributed by atoms with van der Waals surface area (Å²) in [6.07, 6.45) is 4.72. The second kappa shape index (κ2) is 11.9. The van der Waals surface area contributed by atoms with Crippen LogP contribution in [0.4, 0.5) is 0 Å². The molecule has 1 saturated heterocycles. The maximum absolute atomic E-state index is 5.67. The van der Waals surface area contributed by atoms with E-state index >= 15 is 0 Å². The van der Waals surface area contributed by atoms with Crippen molar-refractivity contribution in [3.05, 3.63) is 45.9 Å². The molecule has 0 radical (unpaired) electrons. The molecule has 1 atom stereocenters. The van der Waals surface area contributed by atoms with Crippen molar-refractivity contribution in [2.24, 2.45) is 4.99 Å². The van der Waals surface area contributed by atoms with Crippen LogP contribution in [0.2, 0.25) is 0 Å². The number of nitrogens with zero attached hydrogens (tertiary/aromatic N) is 3. The van der Waals surface area contributed by atoms with Crippen LogP contribution in [0.5, 0.6) is 5.75 Å². The number of rotatable bonds is 9. The summed E-state index contributed by atoms with van der Waals surface area (Å²) in [6, 6.07) is 8.58. The van der Waals surface area contributed by atoms with Gasteiger partial charge in [-0.1, -0.05) is 24.6 Å². The van der Waals surface area contributed by atoms with Crippen molar-refractivity contribution in [1.29, 1.82) is 0 Å². The molecular formula is C23H35N5OS. The number of nitrogens with one attached hydrogen (secondary N) is 2. The van der Waals surface area contributed by atoms with Crippen LogP contribution in [0.25, 0.3) is 0 Å². The maximum atomic E-state index is 5.67. The Morgan fingerprint density at radius 2 is 2.03 bits per heavy atom. The van der Waals surface area contributed by atoms with Crippen molar-refractivity contribution in [3.8, 4) is 5.75 Å². The largest absolute Gasteiger partial charge is 0.496 e. The monoisotopic (exact) mass is 429 g/mol. The average molecular weight is 430 g/mol. The van der Waals surface area contributed by atoms with Gasteiger partial charge in [-0.05, 0) is 45.8 Å². The van der Waals surface area contributed by atoms with E-state index in [2.05, 4.69) is 51.0 Å². The van der Waals surface area contributed by atoms with Crippen LogP contribution < -0.4 is 15.4 Å². The SMILES string of the molecule is CCNC(=NCC(c1ccccc1OC)N1CCCCC1)NCCc1csc(C)n1. The van der Waals surface area contributed by atoms with Crippen molar-refractivity contribution in [2.45, 2.75) is 45.6 Å². The molecule has 0 saturated carbocycles. The highest BCUT2D eigenvalue weighted by atomic mass is 32.1. The van der Waals surface area contributed by atoms with E-state index in [4.69, 9.17) is 9.73 Å². The van der Waals surface area contributed by atoms with Gasteiger partial charge in [-0.3, -0.25) is 9.89 Å². The quantitative estimate of drug-likeness (QED) is 0.469. The predicted molar refractivity (Wildman–Crippen MR) is 126 cm³/mol. The first-order valence-corrected chi connectivity index (χ1v) is 11.9. The Balaban J connectivity index is 1.70. The molecule has 0 aliphatic carbocycles. The molecule has 1 unspecified atom stereocenters. The lowest BCUT2D eigenvalue weighted by atomic mass is 10.0. The van der Waals surface area contributed by atoms with Gasteiger partial charge in [-0.15, -0.1) is 11.3 Å². The number of aliphatic imine (C=N–C) groups is 1. The molecule has 7 heteroatoms.